The van der Waals surface area contributed by atoms with E-state index in [0.717, 1.165) is 24.3 Å². The van der Waals surface area contributed by atoms with Gasteiger partial charge in [0, 0.05) is 26.1 Å². The maximum absolute atomic E-state index is 12.6. The lowest BCUT2D eigenvalue weighted by molar-refractivity contribution is -0.121. The number of sulfonamides is 1. The van der Waals surface area contributed by atoms with Gasteiger partial charge in [-0.15, -0.1) is 0 Å². The van der Waals surface area contributed by atoms with Gasteiger partial charge in [0.15, 0.2) is 0 Å². The molecule has 1 aromatic rings. The minimum atomic E-state index is -3.47. The Morgan fingerprint density at radius 1 is 1.07 bits per heavy atom. The molecule has 1 aromatic carbocycles. The van der Waals surface area contributed by atoms with Gasteiger partial charge in [0.25, 0.3) is 0 Å². The van der Waals surface area contributed by atoms with Crippen LogP contribution in [0.15, 0.2) is 29.2 Å². The largest absolute Gasteiger partial charge is 0.379 e. The number of morpholine rings is 1. The van der Waals surface area contributed by atoms with E-state index in [-0.39, 0.29) is 10.8 Å². The molecule has 156 valence electrons. The summed E-state index contributed by atoms with van der Waals surface area (Å²) in [6, 6.07) is 6.79. The molecule has 1 N–H and O–H groups in total. The summed E-state index contributed by atoms with van der Waals surface area (Å²) in [6.07, 6.45) is 9.36. The fourth-order valence-electron chi connectivity index (χ4n) is 4.03. The van der Waals surface area contributed by atoms with Crippen molar-refractivity contribution >= 4 is 15.9 Å². The number of benzene rings is 1. The third-order valence-electron chi connectivity index (χ3n) is 5.76. The first-order chi connectivity index (χ1) is 13.6. The topological polar surface area (TPSA) is 75.7 Å². The minimum absolute atomic E-state index is 0.0702. The van der Waals surface area contributed by atoms with Crippen LogP contribution in [0, 0.1) is 5.92 Å². The molecule has 0 bridgehead atoms. The van der Waals surface area contributed by atoms with Gasteiger partial charge in [-0.25, -0.2) is 8.42 Å². The highest BCUT2D eigenvalue weighted by atomic mass is 32.2. The van der Waals surface area contributed by atoms with Crippen LogP contribution in [0.5, 0.6) is 0 Å². The van der Waals surface area contributed by atoms with Crippen molar-refractivity contribution in [3.05, 3.63) is 29.8 Å². The van der Waals surface area contributed by atoms with Gasteiger partial charge < -0.3 is 10.1 Å². The van der Waals surface area contributed by atoms with E-state index in [1.165, 1.54) is 36.4 Å². The van der Waals surface area contributed by atoms with E-state index >= 15 is 0 Å². The van der Waals surface area contributed by atoms with E-state index in [0.29, 0.717) is 39.3 Å². The standard InChI is InChI=1S/C21H32N2O4S/c24-21(8-4-7-18-5-2-1-3-6-18)22-17-19-9-11-20(12-10-19)28(25,26)23-13-15-27-16-14-23/h9-12,18H,1-8,13-17H2,(H,22,24). The van der Waals surface area contributed by atoms with E-state index in [1.807, 2.05) is 0 Å². The Labute approximate surface area is 168 Å². The second kappa shape index (κ2) is 10.4. The molecule has 0 atom stereocenters. The Morgan fingerprint density at radius 2 is 1.75 bits per heavy atom. The number of hydrogen-bond acceptors (Lipinski definition) is 4. The van der Waals surface area contributed by atoms with Gasteiger partial charge in [-0.1, -0.05) is 44.2 Å². The van der Waals surface area contributed by atoms with Gasteiger partial charge in [-0.3, -0.25) is 4.79 Å². The molecule has 7 heteroatoms. The molecule has 1 aliphatic heterocycles. The SMILES string of the molecule is O=C(CCCC1CCCCC1)NCc1ccc(S(=O)(=O)N2CCOCC2)cc1. The Hall–Kier alpha value is -1.44. The van der Waals surface area contributed by atoms with Crippen molar-refractivity contribution in [2.45, 2.75) is 62.8 Å². The molecule has 1 saturated heterocycles. The summed E-state index contributed by atoms with van der Waals surface area (Å²) < 4.78 is 31.9. The molecule has 1 aliphatic carbocycles. The molecule has 28 heavy (non-hydrogen) atoms. The van der Waals surface area contributed by atoms with E-state index in [4.69, 9.17) is 4.74 Å². The monoisotopic (exact) mass is 408 g/mol. The quantitative estimate of drug-likeness (QED) is 0.717. The van der Waals surface area contributed by atoms with Crippen molar-refractivity contribution < 1.29 is 17.9 Å². The molecule has 0 unspecified atom stereocenters. The molecule has 1 heterocycles. The number of rotatable bonds is 8. The van der Waals surface area contributed by atoms with Crippen LogP contribution < -0.4 is 5.32 Å². The number of hydrogen-bond donors (Lipinski definition) is 1. The number of nitrogens with one attached hydrogen (secondary N) is 1. The van der Waals surface area contributed by atoms with Gasteiger partial charge in [0.1, 0.15) is 0 Å². The Kier molecular flexibility index (Phi) is 7.88. The van der Waals surface area contributed by atoms with Crippen LogP contribution >= 0.6 is 0 Å². The van der Waals surface area contributed by atoms with Gasteiger partial charge in [0.2, 0.25) is 15.9 Å². The lowest BCUT2D eigenvalue weighted by Crippen LogP contribution is -2.40. The van der Waals surface area contributed by atoms with Crippen LogP contribution in [0.3, 0.4) is 0 Å². The first-order valence-electron chi connectivity index (χ1n) is 10.5. The smallest absolute Gasteiger partial charge is 0.243 e. The second-order valence-electron chi connectivity index (χ2n) is 7.83. The van der Waals surface area contributed by atoms with Crippen LogP contribution in [0.1, 0.15) is 56.9 Å². The third-order valence-corrected chi connectivity index (χ3v) is 7.67. The van der Waals surface area contributed by atoms with Crippen LogP contribution in [0.25, 0.3) is 0 Å². The van der Waals surface area contributed by atoms with E-state index in [9.17, 15) is 13.2 Å². The number of ether oxygens (including phenoxy) is 1. The van der Waals surface area contributed by atoms with Crippen molar-refractivity contribution in [3.8, 4) is 0 Å². The molecular formula is C21H32N2O4S. The maximum Gasteiger partial charge on any atom is 0.243 e. The highest BCUT2D eigenvalue weighted by Crippen LogP contribution is 2.27. The van der Waals surface area contributed by atoms with Crippen molar-refractivity contribution in [1.82, 2.24) is 9.62 Å². The molecule has 2 aliphatic rings. The lowest BCUT2D eigenvalue weighted by atomic mass is 9.86. The van der Waals surface area contributed by atoms with Crippen molar-refractivity contribution in [2.75, 3.05) is 26.3 Å². The van der Waals surface area contributed by atoms with Gasteiger partial charge in [-0.05, 0) is 36.5 Å². The van der Waals surface area contributed by atoms with E-state index < -0.39 is 10.0 Å². The molecule has 0 aromatic heterocycles. The number of carbonyl (C=O) groups excluding carboxylic acids is 1. The van der Waals surface area contributed by atoms with Crippen molar-refractivity contribution in [3.63, 3.8) is 0 Å². The molecule has 3 rings (SSSR count). The zero-order chi connectivity index (χ0) is 19.8. The van der Waals surface area contributed by atoms with Gasteiger partial charge in [-0.2, -0.15) is 4.31 Å². The first kappa shape index (κ1) is 21.3. The van der Waals surface area contributed by atoms with Crippen LogP contribution in [0.4, 0.5) is 0 Å². The number of carbonyl (C=O) groups is 1. The average molecular weight is 409 g/mol. The molecule has 0 spiro atoms. The van der Waals surface area contributed by atoms with Crippen molar-refractivity contribution in [1.29, 1.82) is 0 Å². The summed E-state index contributed by atoms with van der Waals surface area (Å²) in [4.78, 5) is 12.4. The van der Waals surface area contributed by atoms with E-state index in [1.54, 1.807) is 24.3 Å². The number of nitrogens with zero attached hydrogens (tertiary/aromatic N) is 1. The summed E-state index contributed by atoms with van der Waals surface area (Å²) in [5.74, 6) is 0.878. The summed E-state index contributed by atoms with van der Waals surface area (Å²) in [5, 5.41) is 2.94. The molecule has 1 saturated carbocycles. The predicted octanol–water partition coefficient (Wildman–Crippen LogP) is 3.07. The highest BCUT2D eigenvalue weighted by molar-refractivity contribution is 7.89. The van der Waals surface area contributed by atoms with Crippen LogP contribution in [-0.2, 0) is 26.1 Å². The van der Waals surface area contributed by atoms with Crippen molar-refractivity contribution in [2.24, 2.45) is 5.92 Å². The Bertz CT molecular complexity index is 721. The van der Waals surface area contributed by atoms with Gasteiger partial charge in [0.05, 0.1) is 18.1 Å². The summed E-state index contributed by atoms with van der Waals surface area (Å²) >= 11 is 0. The van der Waals surface area contributed by atoms with Gasteiger partial charge >= 0.3 is 0 Å². The third kappa shape index (κ3) is 6.03. The molecule has 2 fully saturated rings. The molecule has 0 radical (unpaired) electrons. The van der Waals surface area contributed by atoms with E-state index in [2.05, 4.69) is 5.32 Å². The average Bonchev–Trinajstić information content (AvgIpc) is 2.74. The maximum atomic E-state index is 12.6. The first-order valence-corrected chi connectivity index (χ1v) is 11.9. The number of amides is 1. The van der Waals surface area contributed by atoms with Crippen LogP contribution in [-0.4, -0.2) is 44.9 Å². The Balaban J connectivity index is 1.41. The molecule has 1 amide bonds. The lowest BCUT2D eigenvalue weighted by Gasteiger charge is -2.26. The minimum Gasteiger partial charge on any atom is -0.379 e. The van der Waals surface area contributed by atoms with Crippen LogP contribution in [0.2, 0.25) is 0 Å². The second-order valence-corrected chi connectivity index (χ2v) is 9.77. The fraction of sp³-hybridized carbons (Fsp3) is 0.667. The normalized spacial score (nSPS) is 19.4. The Morgan fingerprint density at radius 3 is 2.43 bits per heavy atom. The fourth-order valence-corrected chi connectivity index (χ4v) is 5.44. The zero-order valence-corrected chi connectivity index (χ0v) is 17.4. The zero-order valence-electron chi connectivity index (χ0n) is 16.6. The summed E-state index contributed by atoms with van der Waals surface area (Å²) in [7, 11) is -3.47. The summed E-state index contributed by atoms with van der Waals surface area (Å²) in [5.41, 5.74) is 0.904. The highest BCUT2D eigenvalue weighted by Gasteiger charge is 2.26. The predicted molar refractivity (Wildman–Crippen MR) is 108 cm³/mol. The molecule has 6 nitrogen and oxygen atoms in total. The summed E-state index contributed by atoms with van der Waals surface area (Å²) in [6.45, 7) is 2.08. The molecular weight excluding hydrogens is 376 g/mol.